The van der Waals surface area contributed by atoms with Crippen molar-refractivity contribution in [3.05, 3.63) is 96.6 Å². The van der Waals surface area contributed by atoms with E-state index >= 15 is 0 Å². The molecule has 5 heteroatoms. The van der Waals surface area contributed by atoms with E-state index in [1.165, 1.54) is 4.57 Å². The van der Waals surface area contributed by atoms with Crippen LogP contribution in [0.5, 0.6) is 0 Å². The van der Waals surface area contributed by atoms with Gasteiger partial charge in [-0.1, -0.05) is 78.9 Å². The molecule has 0 saturated heterocycles. The fourth-order valence-corrected chi connectivity index (χ4v) is 4.05. The maximum absolute atomic E-state index is 13.1. The van der Waals surface area contributed by atoms with Crippen LogP contribution in [-0.2, 0) is 16.0 Å². The Morgan fingerprint density at radius 3 is 2.00 bits per heavy atom. The minimum absolute atomic E-state index is 0.0864. The Labute approximate surface area is 178 Å². The number of benzene rings is 4. The van der Waals surface area contributed by atoms with Gasteiger partial charge in [0.15, 0.2) is 0 Å². The number of aromatic nitrogens is 1. The molecule has 0 unspecified atom stereocenters. The SMILES string of the molecule is O=C(O)[C@@H](Cc1ccc2ccccc2c1)OC(=O)n1c2ccccc2c2ccccc21. The van der Waals surface area contributed by atoms with Crippen LogP contribution in [0, 0.1) is 0 Å². The molecule has 5 aromatic rings. The van der Waals surface area contributed by atoms with Gasteiger partial charge in [-0.05, 0) is 28.5 Å². The predicted octanol–water partition coefficient (Wildman–Crippen LogP) is 5.63. The molecule has 1 N–H and O–H groups in total. The van der Waals surface area contributed by atoms with Gasteiger partial charge >= 0.3 is 12.1 Å². The number of fused-ring (bicyclic) bond motifs is 4. The molecule has 5 nitrogen and oxygen atoms in total. The largest absolute Gasteiger partial charge is 0.478 e. The highest BCUT2D eigenvalue weighted by molar-refractivity contribution is 6.12. The Hall–Kier alpha value is -4.12. The Morgan fingerprint density at radius 2 is 1.35 bits per heavy atom. The quantitative estimate of drug-likeness (QED) is 0.418. The van der Waals surface area contributed by atoms with E-state index in [1.807, 2.05) is 91.0 Å². The number of ether oxygens (including phenoxy) is 1. The van der Waals surface area contributed by atoms with Crippen LogP contribution in [0.25, 0.3) is 32.6 Å². The molecule has 152 valence electrons. The molecule has 0 aliphatic heterocycles. The highest BCUT2D eigenvalue weighted by Gasteiger charge is 2.26. The van der Waals surface area contributed by atoms with Crippen molar-refractivity contribution in [1.29, 1.82) is 0 Å². The summed E-state index contributed by atoms with van der Waals surface area (Å²) in [6.45, 7) is 0. The lowest BCUT2D eigenvalue weighted by Crippen LogP contribution is -2.31. The number of carboxylic acid groups (broad SMARTS) is 1. The molecule has 1 atom stereocenters. The van der Waals surface area contributed by atoms with Crippen molar-refractivity contribution in [3.8, 4) is 0 Å². The van der Waals surface area contributed by atoms with Crippen molar-refractivity contribution in [2.45, 2.75) is 12.5 Å². The van der Waals surface area contributed by atoms with Crippen LogP contribution in [0.15, 0.2) is 91.0 Å². The van der Waals surface area contributed by atoms with Crippen molar-refractivity contribution in [3.63, 3.8) is 0 Å². The third-order valence-corrected chi connectivity index (χ3v) is 5.52. The van der Waals surface area contributed by atoms with Crippen LogP contribution in [-0.4, -0.2) is 27.8 Å². The average molecular weight is 409 g/mol. The summed E-state index contributed by atoms with van der Waals surface area (Å²) in [5.41, 5.74) is 2.16. The van der Waals surface area contributed by atoms with Crippen LogP contribution >= 0.6 is 0 Å². The molecule has 0 radical (unpaired) electrons. The summed E-state index contributed by atoms with van der Waals surface area (Å²) in [5, 5.41) is 13.6. The number of carboxylic acids is 1. The van der Waals surface area contributed by atoms with Gasteiger partial charge in [0.05, 0.1) is 11.0 Å². The van der Waals surface area contributed by atoms with Crippen molar-refractivity contribution >= 4 is 44.6 Å². The Bertz CT molecular complexity index is 1400. The zero-order valence-corrected chi connectivity index (χ0v) is 16.6. The smallest absolute Gasteiger partial charge is 0.419 e. The summed E-state index contributed by atoms with van der Waals surface area (Å²) < 4.78 is 6.96. The van der Waals surface area contributed by atoms with Gasteiger partial charge in [0.1, 0.15) is 0 Å². The van der Waals surface area contributed by atoms with E-state index in [9.17, 15) is 14.7 Å². The first-order valence-corrected chi connectivity index (χ1v) is 10.0. The number of carbonyl (C=O) groups excluding carboxylic acids is 1. The van der Waals surface area contributed by atoms with Crippen LogP contribution in [0.3, 0.4) is 0 Å². The normalized spacial score (nSPS) is 12.3. The highest BCUT2D eigenvalue weighted by Crippen LogP contribution is 2.29. The second-order valence-electron chi connectivity index (χ2n) is 7.47. The molecule has 31 heavy (non-hydrogen) atoms. The summed E-state index contributed by atoms with van der Waals surface area (Å²) in [5.74, 6) is -1.18. The fraction of sp³-hybridized carbons (Fsp3) is 0.0769. The van der Waals surface area contributed by atoms with E-state index in [-0.39, 0.29) is 6.42 Å². The monoisotopic (exact) mass is 409 g/mol. The van der Waals surface area contributed by atoms with Gasteiger partial charge in [0, 0.05) is 17.2 Å². The van der Waals surface area contributed by atoms with E-state index in [1.54, 1.807) is 0 Å². The van der Waals surface area contributed by atoms with Gasteiger partial charge in [-0.25, -0.2) is 14.2 Å². The highest BCUT2D eigenvalue weighted by atomic mass is 16.6. The van der Waals surface area contributed by atoms with Crippen molar-refractivity contribution in [1.82, 2.24) is 4.57 Å². The van der Waals surface area contributed by atoms with Gasteiger partial charge in [0.25, 0.3) is 0 Å². The first kappa shape index (κ1) is 18.9. The number of hydrogen-bond acceptors (Lipinski definition) is 3. The number of rotatable bonds is 4. The van der Waals surface area contributed by atoms with Crippen LogP contribution < -0.4 is 0 Å². The molecule has 0 spiro atoms. The molecule has 0 bridgehead atoms. The first-order valence-electron chi connectivity index (χ1n) is 10.0. The van der Waals surface area contributed by atoms with Crippen molar-refractivity contribution in [2.24, 2.45) is 0 Å². The van der Waals surface area contributed by atoms with Crippen LogP contribution in [0.2, 0.25) is 0 Å². The molecule has 0 saturated carbocycles. The summed E-state index contributed by atoms with van der Waals surface area (Å²) >= 11 is 0. The molecular formula is C26H19NO4. The molecule has 0 amide bonds. The summed E-state index contributed by atoms with van der Waals surface area (Å²) in [7, 11) is 0. The molecule has 1 heterocycles. The van der Waals surface area contributed by atoms with Crippen LogP contribution in [0.4, 0.5) is 4.79 Å². The lowest BCUT2D eigenvalue weighted by Gasteiger charge is -2.15. The van der Waals surface area contributed by atoms with Crippen molar-refractivity contribution in [2.75, 3.05) is 0 Å². The summed E-state index contributed by atoms with van der Waals surface area (Å²) in [6.07, 6.45) is -1.91. The second-order valence-corrected chi connectivity index (χ2v) is 7.47. The van der Waals surface area contributed by atoms with Gasteiger partial charge in [-0.2, -0.15) is 0 Å². The molecular weight excluding hydrogens is 390 g/mol. The van der Waals surface area contributed by atoms with Gasteiger partial charge in [0.2, 0.25) is 6.10 Å². The second kappa shape index (κ2) is 7.61. The zero-order chi connectivity index (χ0) is 21.4. The molecule has 4 aromatic carbocycles. The number of hydrogen-bond donors (Lipinski definition) is 1. The van der Waals surface area contributed by atoms with E-state index in [0.717, 1.165) is 27.1 Å². The average Bonchev–Trinajstić information content (AvgIpc) is 3.13. The third-order valence-electron chi connectivity index (χ3n) is 5.52. The summed E-state index contributed by atoms with van der Waals surface area (Å²) in [4.78, 5) is 25.0. The number of para-hydroxylation sites is 2. The fourth-order valence-electron chi connectivity index (χ4n) is 4.05. The summed E-state index contributed by atoms with van der Waals surface area (Å²) in [6, 6.07) is 28.6. The number of carbonyl (C=O) groups is 2. The third kappa shape index (κ3) is 3.40. The van der Waals surface area contributed by atoms with Crippen LogP contribution in [0.1, 0.15) is 5.56 Å². The van der Waals surface area contributed by atoms with Gasteiger partial charge in [-0.3, -0.25) is 0 Å². The molecule has 0 fully saturated rings. The molecule has 0 aliphatic rings. The predicted molar refractivity (Wildman–Crippen MR) is 120 cm³/mol. The molecule has 5 rings (SSSR count). The van der Waals surface area contributed by atoms with Gasteiger partial charge in [-0.15, -0.1) is 0 Å². The Kier molecular flexibility index (Phi) is 4.64. The lowest BCUT2D eigenvalue weighted by molar-refractivity contribution is -0.146. The lowest BCUT2D eigenvalue weighted by atomic mass is 10.0. The van der Waals surface area contributed by atoms with E-state index in [0.29, 0.717) is 11.0 Å². The minimum Gasteiger partial charge on any atom is -0.478 e. The van der Waals surface area contributed by atoms with E-state index in [4.69, 9.17) is 4.74 Å². The van der Waals surface area contributed by atoms with Gasteiger partial charge < -0.3 is 9.84 Å². The molecule has 1 aromatic heterocycles. The molecule has 0 aliphatic carbocycles. The Morgan fingerprint density at radius 1 is 0.774 bits per heavy atom. The van der Waals surface area contributed by atoms with E-state index < -0.39 is 18.2 Å². The number of aliphatic carboxylic acids is 1. The zero-order valence-electron chi connectivity index (χ0n) is 16.6. The topological polar surface area (TPSA) is 68.5 Å². The maximum Gasteiger partial charge on any atom is 0.419 e. The Balaban J connectivity index is 1.49. The maximum atomic E-state index is 13.1. The van der Waals surface area contributed by atoms with Crippen molar-refractivity contribution < 1.29 is 19.4 Å². The standard InChI is InChI=1S/C26H19NO4/c28-25(29)24(16-17-13-14-18-7-1-2-8-19(18)15-17)31-26(30)27-22-11-5-3-9-20(22)21-10-4-6-12-23(21)27/h1-15,24H,16H2,(H,28,29)/t24-/m1/s1. The number of nitrogens with zero attached hydrogens (tertiary/aromatic N) is 1. The van der Waals surface area contributed by atoms with E-state index in [2.05, 4.69) is 0 Å². The first-order chi connectivity index (χ1) is 15.1. The minimum atomic E-state index is -1.30.